The minimum Gasteiger partial charge on any atom is -0.537 e. The number of nitrogens with one attached hydrogen (secondary N) is 1. The molecule has 0 unspecified atom stereocenters. The number of hydrogen-bond donors (Lipinski definition) is 4. The van der Waals surface area contributed by atoms with Crippen molar-refractivity contribution in [2.24, 2.45) is 0 Å². The fraction of sp³-hybridized carbons (Fsp3) is 0. The van der Waals surface area contributed by atoms with Crippen molar-refractivity contribution in [3.63, 3.8) is 0 Å². The average Bonchev–Trinajstić information content (AvgIpc) is 1.57. The molecular formula is C120H75B2BrN5O12. The average molecular weight is 1880 g/mol. The summed E-state index contributed by atoms with van der Waals surface area (Å²) in [5.74, 6) is 0.570. The predicted molar refractivity (Wildman–Crippen MR) is 573 cm³/mol. The van der Waals surface area contributed by atoms with Crippen molar-refractivity contribution in [3.05, 3.63) is 445 Å². The molecule has 10 aromatic heterocycles. The summed E-state index contributed by atoms with van der Waals surface area (Å²) < 4.78 is 49.8. The molecule has 0 bridgehead atoms. The number of benzene rings is 20. The zero-order valence-corrected chi connectivity index (χ0v) is 75.9. The van der Waals surface area contributed by atoms with E-state index in [2.05, 4.69) is 253 Å². The largest absolute Gasteiger partial charge is 0.569 e. The third-order valence-corrected chi connectivity index (χ3v) is 26.9. The summed E-state index contributed by atoms with van der Waals surface area (Å²) in [6.07, 6.45) is 0. The highest BCUT2D eigenvalue weighted by Gasteiger charge is 2.27. The molecule has 4 N–H and O–H groups in total. The summed E-state index contributed by atoms with van der Waals surface area (Å²) in [4.78, 5) is 14.4. The van der Waals surface area contributed by atoms with Crippen molar-refractivity contribution < 1.29 is 51.2 Å². The number of fused-ring (bicyclic) bond motifs is 34. The lowest BCUT2D eigenvalue weighted by Gasteiger charge is -2.07. The molecule has 0 aliphatic carbocycles. The Morgan fingerprint density at radius 3 is 1.09 bits per heavy atom. The molecule has 20 heteroatoms. The Hall–Kier alpha value is -17.9. The van der Waals surface area contributed by atoms with Gasteiger partial charge in [0.05, 0.1) is 70.6 Å². The summed E-state index contributed by atoms with van der Waals surface area (Å²) >= 11 is 3.64. The lowest BCUT2D eigenvalue weighted by molar-refractivity contribution is -0.384. The van der Waals surface area contributed by atoms with Crippen LogP contribution in [0.15, 0.2) is 462 Å². The summed E-state index contributed by atoms with van der Waals surface area (Å²) in [7, 11) is -0.807. The number of hydrogen-bond acceptors (Lipinski definition) is 12. The van der Waals surface area contributed by atoms with Gasteiger partial charge in [-0.3, -0.25) is 10.1 Å². The van der Waals surface area contributed by atoms with Crippen LogP contribution < -0.4 is 10.1 Å². The van der Waals surface area contributed by atoms with Crippen LogP contribution in [0.2, 0.25) is 0 Å². The summed E-state index contributed by atoms with van der Waals surface area (Å²) in [5.41, 5.74) is 24.4. The molecule has 0 atom stereocenters. The molecule has 0 spiro atoms. The highest BCUT2D eigenvalue weighted by atomic mass is 79.9. The van der Waals surface area contributed by atoms with Crippen molar-refractivity contribution in [3.8, 4) is 33.9 Å². The molecule has 0 aliphatic rings. The summed E-state index contributed by atoms with van der Waals surface area (Å²) in [6.45, 7) is 0. The van der Waals surface area contributed by atoms with Crippen LogP contribution >= 0.6 is 15.9 Å². The second kappa shape index (κ2) is 34.8. The molecule has 17 nitrogen and oxygen atoms in total. The Morgan fingerprint density at radius 2 is 0.621 bits per heavy atom. The first-order valence-corrected chi connectivity index (χ1v) is 46.6. The van der Waals surface area contributed by atoms with E-state index in [9.17, 15) is 20.2 Å². The second-order valence-corrected chi connectivity index (χ2v) is 35.2. The van der Waals surface area contributed by atoms with Crippen LogP contribution in [0.5, 0.6) is 5.75 Å². The van der Waals surface area contributed by atoms with Crippen LogP contribution in [-0.4, -0.2) is 53.5 Å². The third-order valence-electron chi connectivity index (χ3n) is 26.4. The molecule has 140 heavy (non-hydrogen) atoms. The van der Waals surface area contributed by atoms with Gasteiger partial charge in [0.1, 0.15) is 72.7 Å². The molecule has 10 heterocycles. The van der Waals surface area contributed by atoms with Crippen LogP contribution in [0.4, 0.5) is 5.69 Å². The molecule has 20 aromatic carbocycles. The number of nitro groups is 1. The maximum atomic E-state index is 11.3. The van der Waals surface area contributed by atoms with E-state index in [4.69, 9.17) is 36.2 Å². The normalized spacial score (nSPS) is 11.6. The number of halogens is 1. The zero-order valence-electron chi connectivity index (χ0n) is 74.3. The minimum absolute atomic E-state index is 0.0791. The Labute approximate surface area is 804 Å². The first-order valence-electron chi connectivity index (χ1n) is 45.8. The molecule has 30 rings (SSSR count). The topological polar surface area (TPSA) is 222 Å². The first-order chi connectivity index (χ1) is 69.0. The van der Waals surface area contributed by atoms with E-state index in [1.165, 1.54) is 71.1 Å². The van der Waals surface area contributed by atoms with E-state index in [0.29, 0.717) is 35.6 Å². The minimum atomic E-state index is -1.51. The molecule has 0 aliphatic heterocycles. The van der Waals surface area contributed by atoms with Gasteiger partial charge in [0, 0.05) is 130 Å². The summed E-state index contributed by atoms with van der Waals surface area (Å²) in [6, 6.07) is 144. The smallest absolute Gasteiger partial charge is 0.537 e. The van der Waals surface area contributed by atoms with Crippen LogP contribution in [0.25, 0.3) is 247 Å². The van der Waals surface area contributed by atoms with Gasteiger partial charge >= 0.3 is 14.8 Å². The van der Waals surface area contributed by atoms with Gasteiger partial charge in [-0.2, -0.15) is 0 Å². The van der Waals surface area contributed by atoms with E-state index >= 15 is 0 Å². The van der Waals surface area contributed by atoms with Gasteiger partial charge in [-0.05, 0) is 176 Å². The van der Waals surface area contributed by atoms with Crippen molar-refractivity contribution >= 4 is 261 Å². The van der Waals surface area contributed by atoms with E-state index < -0.39 is 7.12 Å². The molecule has 0 amide bonds. The molecule has 30 aromatic rings. The molecule has 0 fully saturated rings. The van der Waals surface area contributed by atoms with Gasteiger partial charge < -0.3 is 64.9 Å². The Bertz CT molecular complexity index is 10100. The van der Waals surface area contributed by atoms with Crippen molar-refractivity contribution in [1.29, 1.82) is 0 Å². The second-order valence-electron chi connectivity index (χ2n) is 34.3. The van der Waals surface area contributed by atoms with Crippen LogP contribution in [0, 0.1) is 10.1 Å². The number of rotatable bonds is 8. The lowest BCUT2D eigenvalue weighted by Crippen LogP contribution is -2.29. The molecule has 1 radical (unpaired) electrons. The van der Waals surface area contributed by atoms with Gasteiger partial charge in [0.25, 0.3) is 5.69 Å². The van der Waals surface area contributed by atoms with Gasteiger partial charge in [0.15, 0.2) is 0 Å². The molecule has 665 valence electrons. The lowest BCUT2D eigenvalue weighted by atomic mass is 9.79. The standard InChI is InChI=1S/C24H15BNO3.C24H14BrNO.C24H15NO.C18H11NO3.C18H11NO.C12H9BO3/c27-25-29-16-10-12-20-19(14-16)23-21(26(20)15-6-2-1-3-7-15)13-11-18-17-8-4-5-9-22(17)28-24(18)23;25-15-10-12-20-19(14-15)23-21(26(20)16-6-2-1-3-7-16)13-11-18-17-8-4-5-9-22(17)27-24(18)23;1-2-8-16(9-3-1)25-20-12-6-4-11-19(20)23-21(25)15-14-18-17-10-5-7-13-22(17)26-24(18)23;20-19(21)16-10-3-1-6-12(16)14-8-5-9-15-13-7-2-4-11-17(13)22-18(14)15;1-3-7-14-13(6-1)17-15(19-14)10-9-12-11-5-2-4-8-16(11)20-18(12)17;14-13(15)10-6-3-5-9-8-4-1-2-7-11(8)16-12(9)10/h1-14,27H;1-14H;1-15H;1-11H;1-10,19H;1-7,14-15H. The van der Waals surface area contributed by atoms with E-state index in [0.717, 1.165) is 170 Å². The maximum absolute atomic E-state index is 11.3. The monoisotopic (exact) mass is 1880 g/mol. The Kier molecular flexibility index (Phi) is 20.8. The number of furan rings is 6. The Balaban J connectivity index is 0.0000000895. The number of aromatic nitrogens is 4. The van der Waals surface area contributed by atoms with Crippen molar-refractivity contribution in [2.45, 2.75) is 0 Å². The van der Waals surface area contributed by atoms with E-state index in [-0.39, 0.29) is 10.6 Å². The number of nitrogens with zero attached hydrogens (tertiary/aromatic N) is 4. The Morgan fingerprint density at radius 1 is 0.286 bits per heavy atom. The first kappa shape index (κ1) is 83.9. The van der Waals surface area contributed by atoms with Gasteiger partial charge in [-0.25, -0.2) is 0 Å². The highest BCUT2D eigenvalue weighted by molar-refractivity contribution is 9.10. The van der Waals surface area contributed by atoms with Gasteiger partial charge in [-0.15, -0.1) is 0 Å². The number of para-hydroxylation sites is 14. The molecule has 0 saturated carbocycles. The fourth-order valence-corrected chi connectivity index (χ4v) is 20.7. The quantitative estimate of drug-likeness (QED) is 0.0634. The third kappa shape index (κ3) is 14.2. The zero-order chi connectivity index (χ0) is 93.7. The van der Waals surface area contributed by atoms with Crippen LogP contribution in [-0.2, 0) is 0 Å². The molecule has 0 saturated heterocycles. The van der Waals surface area contributed by atoms with E-state index in [1.807, 2.05) is 176 Å². The number of nitro benzene ring substituents is 1. The van der Waals surface area contributed by atoms with Gasteiger partial charge in [0.2, 0.25) is 0 Å². The highest BCUT2D eigenvalue weighted by Crippen LogP contribution is 2.48. The maximum Gasteiger partial charge on any atom is 0.569 e. The van der Waals surface area contributed by atoms with Crippen molar-refractivity contribution in [2.75, 3.05) is 0 Å². The van der Waals surface area contributed by atoms with Crippen molar-refractivity contribution in [1.82, 2.24) is 18.7 Å². The SMILES string of the molecule is Brc1ccc2c(c1)c1c3oc4ccccc4c3ccc1n2-c1ccccc1.O=[N+]([O-])c1ccccc1-c1cccc2c1oc1ccccc12.OB(O)c1cccc2c1oc1ccccc12.O[B]Oc1ccc2c(c1)c1c3oc4ccccc4c3ccc1n2-c1ccccc1.c1ccc(-n2c3ccccc3c3c4oc5ccccc5c4ccc32)cc1.c1ccc2c(c1)[nH]c1ccc3c4ccccc4oc3c12. The summed E-state index contributed by atoms with van der Waals surface area (Å²) in [5, 5.41) is 61.1. The fourth-order valence-electron chi connectivity index (χ4n) is 20.4. The predicted octanol–water partition coefficient (Wildman–Crippen LogP) is 31.4. The molecular weight excluding hydrogens is 1800 g/mol. The van der Waals surface area contributed by atoms with E-state index in [1.54, 1.807) is 30.3 Å². The van der Waals surface area contributed by atoms with Crippen LogP contribution in [0.1, 0.15) is 0 Å². The van der Waals surface area contributed by atoms with Gasteiger partial charge in [-0.1, -0.05) is 265 Å². The van der Waals surface area contributed by atoms with Crippen LogP contribution in [0.3, 0.4) is 0 Å². The number of aromatic amines is 1. The number of H-pyrrole nitrogens is 1.